The Hall–Kier alpha value is -1.42. The van der Waals surface area contributed by atoms with Crippen LogP contribution in [0, 0.1) is 12.3 Å². The van der Waals surface area contributed by atoms with Gasteiger partial charge < -0.3 is 10.8 Å². The van der Waals surface area contributed by atoms with Gasteiger partial charge in [-0.2, -0.15) is 0 Å². The van der Waals surface area contributed by atoms with Gasteiger partial charge in [0.15, 0.2) is 5.78 Å². The fourth-order valence-electron chi connectivity index (χ4n) is 1.43. The van der Waals surface area contributed by atoms with Crippen LogP contribution in [0.1, 0.15) is 36.7 Å². The quantitative estimate of drug-likeness (QED) is 0.744. The number of hydrogen-bond donors (Lipinski definition) is 2. The Bertz CT molecular complexity index is 388. The molecule has 0 amide bonds. The highest BCUT2D eigenvalue weighted by atomic mass is 16.3. The van der Waals surface area contributed by atoms with E-state index in [1.165, 1.54) is 0 Å². The summed E-state index contributed by atoms with van der Waals surface area (Å²) < 4.78 is 0. The van der Waals surface area contributed by atoms with Crippen molar-refractivity contribution in [3.05, 3.63) is 23.4 Å². The number of aliphatic hydroxyl groups excluding tert-OH is 1. The topological polar surface area (TPSA) is 76.2 Å². The second kappa shape index (κ2) is 4.22. The number of pyridine rings is 1. The molecule has 4 heteroatoms. The summed E-state index contributed by atoms with van der Waals surface area (Å²) in [5, 5.41) is 9.92. The highest BCUT2D eigenvalue weighted by Gasteiger charge is 2.31. The number of carbonyl (C=O) groups excluding carboxylic acids is 1. The number of carbonyl (C=O) groups is 1. The van der Waals surface area contributed by atoms with E-state index in [-0.39, 0.29) is 11.6 Å². The average Bonchev–Trinajstić information content (AvgIpc) is 2.14. The lowest BCUT2D eigenvalue weighted by Gasteiger charge is -2.25. The van der Waals surface area contributed by atoms with Gasteiger partial charge in [0.1, 0.15) is 11.9 Å². The number of Topliss-reactive ketones (excluding diaryl/α,β-unsaturated/α-hetero) is 1. The van der Waals surface area contributed by atoms with Crippen molar-refractivity contribution in [1.82, 2.24) is 4.98 Å². The maximum atomic E-state index is 12.1. The predicted octanol–water partition coefficient (Wildman–Crippen LogP) is 1.56. The summed E-state index contributed by atoms with van der Waals surface area (Å²) in [6, 6.07) is 1.71. The summed E-state index contributed by atoms with van der Waals surface area (Å²) in [5.41, 5.74) is 6.21. The van der Waals surface area contributed by atoms with Crippen LogP contribution in [0.15, 0.2) is 12.3 Å². The molecule has 0 saturated heterocycles. The highest BCUT2D eigenvalue weighted by molar-refractivity contribution is 6.04. The third-order valence-electron chi connectivity index (χ3n) is 2.50. The maximum absolute atomic E-state index is 12.1. The molecule has 0 fully saturated rings. The van der Waals surface area contributed by atoms with Crippen molar-refractivity contribution in [1.29, 1.82) is 0 Å². The summed E-state index contributed by atoms with van der Waals surface area (Å²) in [7, 11) is 0. The predicted molar refractivity (Wildman–Crippen MR) is 63.2 cm³/mol. The van der Waals surface area contributed by atoms with Gasteiger partial charge in [-0.05, 0) is 24.0 Å². The molecule has 0 saturated carbocycles. The number of aryl methyl sites for hydroxylation is 1. The molecule has 1 aromatic rings. The fraction of sp³-hybridized carbons (Fsp3) is 0.500. The van der Waals surface area contributed by atoms with E-state index < -0.39 is 11.5 Å². The molecule has 4 nitrogen and oxygen atoms in total. The monoisotopic (exact) mass is 222 g/mol. The summed E-state index contributed by atoms with van der Waals surface area (Å²) in [4.78, 5) is 15.9. The van der Waals surface area contributed by atoms with Crippen molar-refractivity contribution in [2.45, 2.75) is 33.8 Å². The van der Waals surface area contributed by atoms with E-state index in [4.69, 9.17) is 5.73 Å². The summed E-state index contributed by atoms with van der Waals surface area (Å²) in [5.74, 6) is -0.191. The lowest BCUT2D eigenvalue weighted by atomic mass is 9.84. The van der Waals surface area contributed by atoms with Crippen LogP contribution in [-0.4, -0.2) is 22.0 Å². The van der Waals surface area contributed by atoms with Crippen molar-refractivity contribution >= 4 is 11.6 Å². The van der Waals surface area contributed by atoms with Crippen molar-refractivity contribution in [2.75, 3.05) is 5.73 Å². The summed E-state index contributed by atoms with van der Waals surface area (Å²) in [6.07, 6.45) is 0.475. The Morgan fingerprint density at radius 3 is 2.50 bits per heavy atom. The first kappa shape index (κ1) is 12.6. The van der Waals surface area contributed by atoms with Gasteiger partial charge in [0, 0.05) is 6.20 Å². The number of ketones is 1. The van der Waals surface area contributed by atoms with Crippen LogP contribution < -0.4 is 5.73 Å². The number of rotatable bonds is 2. The van der Waals surface area contributed by atoms with E-state index in [1.54, 1.807) is 40.0 Å². The van der Waals surface area contributed by atoms with E-state index in [1.807, 2.05) is 0 Å². The molecule has 0 bridgehead atoms. The largest absolute Gasteiger partial charge is 0.384 e. The van der Waals surface area contributed by atoms with Crippen molar-refractivity contribution in [3.63, 3.8) is 0 Å². The third-order valence-corrected chi connectivity index (χ3v) is 2.50. The molecule has 1 aromatic heterocycles. The molecular weight excluding hydrogens is 204 g/mol. The van der Waals surface area contributed by atoms with Gasteiger partial charge in [-0.3, -0.25) is 4.79 Å². The molecule has 1 heterocycles. The van der Waals surface area contributed by atoms with Crippen molar-refractivity contribution < 1.29 is 9.90 Å². The van der Waals surface area contributed by atoms with Gasteiger partial charge in [-0.1, -0.05) is 20.8 Å². The number of nitrogen functional groups attached to an aromatic ring is 1. The fourth-order valence-corrected chi connectivity index (χ4v) is 1.43. The second-order valence-corrected chi connectivity index (χ2v) is 5.02. The Labute approximate surface area is 95.5 Å². The summed E-state index contributed by atoms with van der Waals surface area (Å²) >= 11 is 0. The molecule has 88 valence electrons. The number of nitrogens with zero attached hydrogens (tertiary/aromatic N) is 1. The lowest BCUT2D eigenvalue weighted by molar-refractivity contribution is 0.0442. The molecule has 0 aliphatic carbocycles. The van der Waals surface area contributed by atoms with Crippen molar-refractivity contribution in [2.24, 2.45) is 5.41 Å². The SMILES string of the molecule is Cc1ccnc(N)c1C(=O)C(O)C(C)(C)C. The lowest BCUT2D eigenvalue weighted by Crippen LogP contribution is -2.35. The minimum absolute atomic E-state index is 0.174. The van der Waals surface area contributed by atoms with E-state index >= 15 is 0 Å². The first-order valence-electron chi connectivity index (χ1n) is 5.18. The van der Waals surface area contributed by atoms with E-state index in [2.05, 4.69) is 4.98 Å². The molecule has 0 aliphatic heterocycles. The van der Waals surface area contributed by atoms with Crippen LogP contribution in [0.3, 0.4) is 0 Å². The number of anilines is 1. The molecular formula is C12H18N2O2. The zero-order valence-electron chi connectivity index (χ0n) is 10.1. The minimum Gasteiger partial charge on any atom is -0.384 e. The molecule has 0 spiro atoms. The highest BCUT2D eigenvalue weighted by Crippen LogP contribution is 2.25. The number of hydrogen-bond acceptors (Lipinski definition) is 4. The average molecular weight is 222 g/mol. The first-order valence-corrected chi connectivity index (χ1v) is 5.18. The Balaban J connectivity index is 3.16. The van der Waals surface area contributed by atoms with Crippen LogP contribution in [-0.2, 0) is 0 Å². The smallest absolute Gasteiger partial charge is 0.195 e. The number of aromatic nitrogens is 1. The molecule has 1 rings (SSSR count). The van der Waals surface area contributed by atoms with Gasteiger partial charge >= 0.3 is 0 Å². The molecule has 0 aromatic carbocycles. The van der Waals surface area contributed by atoms with Gasteiger partial charge in [0.2, 0.25) is 0 Å². The van der Waals surface area contributed by atoms with Crippen molar-refractivity contribution in [3.8, 4) is 0 Å². The van der Waals surface area contributed by atoms with Crippen LogP contribution in [0.2, 0.25) is 0 Å². The first-order chi connectivity index (χ1) is 7.25. The van der Waals surface area contributed by atoms with Crippen LogP contribution in [0.5, 0.6) is 0 Å². The van der Waals surface area contributed by atoms with Gasteiger partial charge in [-0.25, -0.2) is 4.98 Å². The van der Waals surface area contributed by atoms with Gasteiger partial charge in [-0.15, -0.1) is 0 Å². The molecule has 16 heavy (non-hydrogen) atoms. The summed E-state index contributed by atoms with van der Waals surface area (Å²) in [6.45, 7) is 7.19. The Kier molecular flexibility index (Phi) is 3.33. The van der Waals surface area contributed by atoms with Gasteiger partial charge in [0.05, 0.1) is 5.56 Å². The van der Waals surface area contributed by atoms with E-state index in [9.17, 15) is 9.90 Å². The third kappa shape index (κ3) is 2.39. The van der Waals surface area contributed by atoms with Crippen LogP contribution in [0.25, 0.3) is 0 Å². The molecule has 0 aliphatic rings. The Morgan fingerprint density at radius 2 is 2.06 bits per heavy atom. The van der Waals surface area contributed by atoms with Gasteiger partial charge in [0.25, 0.3) is 0 Å². The maximum Gasteiger partial charge on any atom is 0.195 e. The zero-order chi connectivity index (χ0) is 12.5. The zero-order valence-corrected chi connectivity index (χ0v) is 10.1. The minimum atomic E-state index is -1.07. The molecule has 1 atom stereocenters. The van der Waals surface area contributed by atoms with E-state index in [0.717, 1.165) is 5.56 Å². The second-order valence-electron chi connectivity index (χ2n) is 5.02. The molecule has 3 N–H and O–H groups in total. The molecule has 1 unspecified atom stereocenters. The Morgan fingerprint density at radius 1 is 1.50 bits per heavy atom. The number of aliphatic hydroxyl groups is 1. The standard InChI is InChI=1S/C12H18N2O2/c1-7-5-6-14-11(13)8(7)9(15)10(16)12(2,3)4/h5-6,10,16H,1-4H3,(H2,13,14). The normalized spacial score (nSPS) is 13.6. The van der Waals surface area contributed by atoms with Crippen LogP contribution >= 0.6 is 0 Å². The van der Waals surface area contributed by atoms with Crippen LogP contribution in [0.4, 0.5) is 5.82 Å². The van der Waals surface area contributed by atoms with E-state index in [0.29, 0.717) is 5.56 Å². The number of nitrogens with two attached hydrogens (primary N) is 1. The molecule has 0 radical (unpaired) electrons.